The van der Waals surface area contributed by atoms with Crippen LogP contribution in [-0.4, -0.2) is 42.1 Å². The average molecular weight is 276 g/mol. The molecule has 0 unspecified atom stereocenters. The molecule has 4 nitrogen and oxygen atoms in total. The van der Waals surface area contributed by atoms with Crippen LogP contribution in [0.3, 0.4) is 0 Å². The zero-order valence-corrected chi connectivity index (χ0v) is 13.4. The second kappa shape index (κ2) is 15.1. The van der Waals surface area contributed by atoms with E-state index in [4.69, 9.17) is 14.6 Å². The summed E-state index contributed by atoms with van der Waals surface area (Å²) >= 11 is 0. The van der Waals surface area contributed by atoms with Gasteiger partial charge in [0.15, 0.2) is 0 Å². The number of nitrogens with two attached hydrogens (primary N) is 1. The highest BCUT2D eigenvalue weighted by atomic mass is 28.3. The molecule has 0 rings (SSSR count). The van der Waals surface area contributed by atoms with Crippen molar-refractivity contribution in [2.75, 3.05) is 32.8 Å². The molecule has 0 aliphatic heterocycles. The number of hydrogen-bond donors (Lipinski definition) is 2. The molecular weight excluding hydrogens is 244 g/mol. The molecule has 3 N–H and O–H groups in total. The van der Waals surface area contributed by atoms with Gasteiger partial charge in [0.05, 0.1) is 0 Å². The zero-order chi connectivity index (χ0) is 13.5. The quantitative estimate of drug-likeness (QED) is 0.375. The Morgan fingerprint density at radius 2 is 1.56 bits per heavy atom. The van der Waals surface area contributed by atoms with Crippen molar-refractivity contribution in [3.63, 3.8) is 0 Å². The van der Waals surface area contributed by atoms with Crippen LogP contribution in [0.25, 0.3) is 0 Å². The Balaban J connectivity index is 3.43. The second-order valence-electron chi connectivity index (χ2n) is 4.56. The van der Waals surface area contributed by atoms with Crippen LogP contribution >= 0.6 is 0 Å². The first kappa shape index (κ1) is 18.1. The van der Waals surface area contributed by atoms with Gasteiger partial charge in [-0.2, -0.15) is 0 Å². The van der Waals surface area contributed by atoms with Gasteiger partial charge in [-0.1, -0.05) is 20.3 Å². The highest BCUT2D eigenvalue weighted by molar-refractivity contribution is 6.44. The third-order valence-electron chi connectivity index (χ3n) is 2.62. The molecule has 0 aliphatic carbocycles. The van der Waals surface area contributed by atoms with Gasteiger partial charge in [-0.25, -0.2) is 0 Å². The summed E-state index contributed by atoms with van der Waals surface area (Å²) in [5.74, 6) is 0. The van der Waals surface area contributed by atoms with Gasteiger partial charge in [-0.3, -0.25) is 0 Å². The topological polar surface area (TPSA) is 56.5 Å². The maximum absolute atomic E-state index is 5.82. The molecule has 0 heterocycles. The van der Waals surface area contributed by atoms with Gasteiger partial charge in [0, 0.05) is 13.2 Å². The van der Waals surface area contributed by atoms with E-state index in [9.17, 15) is 0 Å². The van der Waals surface area contributed by atoms with Crippen molar-refractivity contribution in [3.05, 3.63) is 0 Å². The molecule has 0 aromatic rings. The van der Waals surface area contributed by atoms with Crippen LogP contribution in [0.5, 0.6) is 0 Å². The number of rotatable bonds is 14. The first-order valence-electron chi connectivity index (χ1n) is 7.49. The van der Waals surface area contributed by atoms with Gasteiger partial charge < -0.3 is 19.9 Å². The number of nitrogens with one attached hydrogen (secondary N) is 1. The van der Waals surface area contributed by atoms with E-state index in [0.717, 1.165) is 58.2 Å². The molecule has 0 amide bonds. The van der Waals surface area contributed by atoms with E-state index >= 15 is 0 Å². The first-order chi connectivity index (χ1) is 8.85. The van der Waals surface area contributed by atoms with E-state index in [1.807, 2.05) is 0 Å². The smallest absolute Gasteiger partial charge is 0.321 e. The van der Waals surface area contributed by atoms with Crippen molar-refractivity contribution >= 4 is 9.28 Å². The van der Waals surface area contributed by atoms with Crippen molar-refractivity contribution in [1.82, 2.24) is 5.32 Å². The normalized spacial score (nSPS) is 11.3. The van der Waals surface area contributed by atoms with E-state index in [1.54, 1.807) is 0 Å². The SMILES string of the molecule is CCCO[SiH](CCCCNCCCN)OCCC. The monoisotopic (exact) mass is 276 g/mol. The van der Waals surface area contributed by atoms with E-state index in [2.05, 4.69) is 19.2 Å². The van der Waals surface area contributed by atoms with Gasteiger partial charge in [-0.05, 0) is 51.4 Å². The Labute approximate surface area is 114 Å². The minimum atomic E-state index is -1.38. The molecule has 0 spiro atoms. The molecule has 5 heteroatoms. The largest absolute Gasteiger partial charge is 0.397 e. The second-order valence-corrected chi connectivity index (χ2v) is 6.66. The molecule has 0 radical (unpaired) electrons. The minimum absolute atomic E-state index is 0.775. The summed E-state index contributed by atoms with van der Waals surface area (Å²) in [7, 11) is -1.38. The van der Waals surface area contributed by atoms with E-state index in [-0.39, 0.29) is 0 Å². The Kier molecular flexibility index (Phi) is 15.2. The fourth-order valence-electron chi connectivity index (χ4n) is 1.63. The fraction of sp³-hybridized carbons (Fsp3) is 1.00. The van der Waals surface area contributed by atoms with Crippen LogP contribution in [0.1, 0.15) is 46.0 Å². The zero-order valence-electron chi connectivity index (χ0n) is 12.2. The molecule has 0 bridgehead atoms. The Hall–Kier alpha value is 0.0569. The predicted octanol–water partition coefficient (Wildman–Crippen LogP) is 1.78. The summed E-state index contributed by atoms with van der Waals surface area (Å²) in [6.45, 7) is 8.90. The van der Waals surface area contributed by atoms with Crippen molar-refractivity contribution < 1.29 is 8.85 Å². The van der Waals surface area contributed by atoms with Crippen molar-refractivity contribution in [2.45, 2.75) is 52.0 Å². The van der Waals surface area contributed by atoms with E-state index < -0.39 is 9.28 Å². The van der Waals surface area contributed by atoms with Gasteiger partial charge in [-0.15, -0.1) is 0 Å². The predicted molar refractivity (Wildman–Crippen MR) is 80.2 cm³/mol. The van der Waals surface area contributed by atoms with Crippen LogP contribution in [0.15, 0.2) is 0 Å². The van der Waals surface area contributed by atoms with Crippen LogP contribution in [0, 0.1) is 0 Å². The van der Waals surface area contributed by atoms with Gasteiger partial charge in [0.2, 0.25) is 0 Å². The first-order valence-corrected chi connectivity index (χ1v) is 9.25. The van der Waals surface area contributed by atoms with Gasteiger partial charge >= 0.3 is 9.28 Å². The lowest BCUT2D eigenvalue weighted by atomic mass is 10.3. The average Bonchev–Trinajstić information content (AvgIpc) is 2.40. The summed E-state index contributed by atoms with van der Waals surface area (Å²) < 4.78 is 11.6. The van der Waals surface area contributed by atoms with Crippen LogP contribution in [0.2, 0.25) is 6.04 Å². The van der Waals surface area contributed by atoms with Crippen LogP contribution < -0.4 is 11.1 Å². The summed E-state index contributed by atoms with van der Waals surface area (Å²) in [6.07, 6.45) is 5.65. The fourth-order valence-corrected chi connectivity index (χ4v) is 3.68. The summed E-state index contributed by atoms with van der Waals surface area (Å²) in [4.78, 5) is 0. The van der Waals surface area contributed by atoms with Crippen molar-refractivity contribution in [2.24, 2.45) is 5.73 Å². The number of unbranched alkanes of at least 4 members (excludes halogenated alkanes) is 1. The lowest BCUT2D eigenvalue weighted by Crippen LogP contribution is -2.24. The third kappa shape index (κ3) is 12.5. The molecule has 0 atom stereocenters. The lowest BCUT2D eigenvalue weighted by molar-refractivity contribution is 0.195. The Morgan fingerprint density at radius 3 is 2.11 bits per heavy atom. The molecule has 0 fully saturated rings. The van der Waals surface area contributed by atoms with Crippen LogP contribution in [0.4, 0.5) is 0 Å². The van der Waals surface area contributed by atoms with Gasteiger partial charge in [0.25, 0.3) is 0 Å². The molecule has 0 aromatic heterocycles. The van der Waals surface area contributed by atoms with E-state index in [1.165, 1.54) is 12.8 Å². The summed E-state index contributed by atoms with van der Waals surface area (Å²) in [6, 6.07) is 1.14. The van der Waals surface area contributed by atoms with Crippen LogP contribution in [-0.2, 0) is 8.85 Å². The molecule has 110 valence electrons. The molecule has 0 saturated carbocycles. The molecular formula is C13H32N2O2Si. The lowest BCUT2D eigenvalue weighted by Gasteiger charge is -2.16. The highest BCUT2D eigenvalue weighted by Gasteiger charge is 2.11. The maximum Gasteiger partial charge on any atom is 0.321 e. The third-order valence-corrected chi connectivity index (χ3v) is 4.71. The molecule has 0 saturated heterocycles. The summed E-state index contributed by atoms with van der Waals surface area (Å²) in [5, 5.41) is 3.40. The Morgan fingerprint density at radius 1 is 0.944 bits per heavy atom. The molecule has 18 heavy (non-hydrogen) atoms. The van der Waals surface area contributed by atoms with Crippen molar-refractivity contribution in [1.29, 1.82) is 0 Å². The molecule has 0 aliphatic rings. The summed E-state index contributed by atoms with van der Waals surface area (Å²) in [5.41, 5.74) is 5.43. The highest BCUT2D eigenvalue weighted by Crippen LogP contribution is 2.05. The van der Waals surface area contributed by atoms with Crippen molar-refractivity contribution in [3.8, 4) is 0 Å². The molecule has 0 aromatic carbocycles. The Bertz CT molecular complexity index is 154. The standard InChI is InChI=1S/C13H32N2O2Si/c1-3-11-16-18(17-12-4-2)13-6-5-9-15-10-7-8-14/h15,18H,3-14H2,1-2H3. The maximum atomic E-state index is 5.82. The minimum Gasteiger partial charge on any atom is -0.397 e. The van der Waals surface area contributed by atoms with Gasteiger partial charge in [0.1, 0.15) is 0 Å². The van der Waals surface area contributed by atoms with E-state index in [0.29, 0.717) is 0 Å². The number of hydrogen-bond acceptors (Lipinski definition) is 4.